The number of nitrogens with one attached hydrogen (secondary N) is 2. The maximum Gasteiger partial charge on any atom is 0.241 e. The number of halogens is 1. The fourth-order valence-corrected chi connectivity index (χ4v) is 3.60. The Kier molecular flexibility index (Phi) is 6.15. The molecule has 7 heteroatoms. The standard InChI is InChI=1S/C17H19BrN2O3S/c1-12(14-6-4-3-5-7-14)19-17(21)13(2)20-24(22,23)16-10-8-15(18)9-11-16/h3-13,20H,1-2H3,(H,19,21). The summed E-state index contributed by atoms with van der Waals surface area (Å²) in [5.41, 5.74) is 0.953. The van der Waals surface area contributed by atoms with Crippen LogP contribution in [0.2, 0.25) is 0 Å². The third-order valence-electron chi connectivity index (χ3n) is 3.51. The maximum absolute atomic E-state index is 12.3. The highest BCUT2D eigenvalue weighted by atomic mass is 79.9. The van der Waals surface area contributed by atoms with Gasteiger partial charge in [-0.2, -0.15) is 4.72 Å². The van der Waals surface area contributed by atoms with Crippen LogP contribution in [-0.2, 0) is 14.8 Å². The lowest BCUT2D eigenvalue weighted by atomic mass is 10.1. The summed E-state index contributed by atoms with van der Waals surface area (Å²) in [6.07, 6.45) is 0. The van der Waals surface area contributed by atoms with E-state index in [2.05, 4.69) is 26.0 Å². The molecule has 0 spiro atoms. The molecule has 2 atom stereocenters. The fourth-order valence-electron chi connectivity index (χ4n) is 2.13. The second-order valence-electron chi connectivity index (χ2n) is 5.44. The number of hydrogen-bond donors (Lipinski definition) is 2. The van der Waals surface area contributed by atoms with Gasteiger partial charge in [0.25, 0.3) is 0 Å². The summed E-state index contributed by atoms with van der Waals surface area (Å²) >= 11 is 3.26. The van der Waals surface area contributed by atoms with Crippen LogP contribution < -0.4 is 10.0 Å². The summed E-state index contributed by atoms with van der Waals surface area (Å²) < 4.78 is 27.8. The smallest absolute Gasteiger partial charge is 0.241 e. The van der Waals surface area contributed by atoms with Crippen LogP contribution in [0.1, 0.15) is 25.5 Å². The van der Waals surface area contributed by atoms with Gasteiger partial charge in [-0.25, -0.2) is 8.42 Å². The number of hydrogen-bond acceptors (Lipinski definition) is 3. The number of sulfonamides is 1. The van der Waals surface area contributed by atoms with Gasteiger partial charge in [0.15, 0.2) is 0 Å². The molecule has 128 valence electrons. The maximum atomic E-state index is 12.3. The molecule has 2 unspecified atom stereocenters. The van der Waals surface area contributed by atoms with Crippen LogP contribution in [0.3, 0.4) is 0 Å². The number of carbonyl (C=O) groups excluding carboxylic acids is 1. The molecule has 2 aromatic carbocycles. The largest absolute Gasteiger partial charge is 0.348 e. The highest BCUT2D eigenvalue weighted by Crippen LogP contribution is 2.15. The van der Waals surface area contributed by atoms with Gasteiger partial charge < -0.3 is 5.32 Å². The summed E-state index contributed by atoms with van der Waals surface area (Å²) in [7, 11) is -3.75. The van der Waals surface area contributed by atoms with Crippen molar-refractivity contribution in [2.24, 2.45) is 0 Å². The first-order valence-corrected chi connectivity index (χ1v) is 9.70. The molecular weight excluding hydrogens is 392 g/mol. The van der Waals surface area contributed by atoms with Gasteiger partial charge in [-0.1, -0.05) is 46.3 Å². The molecule has 5 nitrogen and oxygen atoms in total. The van der Waals surface area contributed by atoms with Gasteiger partial charge in [-0.15, -0.1) is 0 Å². The monoisotopic (exact) mass is 410 g/mol. The molecule has 1 amide bonds. The van der Waals surface area contributed by atoms with Crippen LogP contribution in [0.4, 0.5) is 0 Å². The molecule has 0 radical (unpaired) electrons. The quantitative estimate of drug-likeness (QED) is 0.768. The summed E-state index contributed by atoms with van der Waals surface area (Å²) in [4.78, 5) is 12.4. The normalized spacial score (nSPS) is 14.0. The first kappa shape index (κ1) is 18.6. The van der Waals surface area contributed by atoms with E-state index < -0.39 is 16.1 Å². The number of amides is 1. The lowest BCUT2D eigenvalue weighted by molar-refractivity contribution is -0.123. The third kappa shape index (κ3) is 4.90. The molecule has 2 N–H and O–H groups in total. The Morgan fingerprint density at radius 2 is 1.58 bits per heavy atom. The molecule has 0 aromatic heterocycles. The highest BCUT2D eigenvalue weighted by molar-refractivity contribution is 9.10. The van der Waals surface area contributed by atoms with E-state index in [4.69, 9.17) is 0 Å². The molecule has 0 heterocycles. The van der Waals surface area contributed by atoms with Crippen molar-refractivity contribution in [2.45, 2.75) is 30.8 Å². The highest BCUT2D eigenvalue weighted by Gasteiger charge is 2.23. The Balaban J connectivity index is 2.02. The van der Waals surface area contributed by atoms with Crippen molar-refractivity contribution in [3.8, 4) is 0 Å². The number of benzene rings is 2. The molecule has 0 saturated carbocycles. The van der Waals surface area contributed by atoms with Crippen molar-refractivity contribution in [3.63, 3.8) is 0 Å². The van der Waals surface area contributed by atoms with Gasteiger partial charge in [0.2, 0.25) is 15.9 Å². The Labute approximate surface area is 150 Å². The number of carbonyl (C=O) groups is 1. The minimum absolute atomic E-state index is 0.112. The van der Waals surface area contributed by atoms with Gasteiger partial charge in [-0.3, -0.25) is 4.79 Å². The molecule has 0 aliphatic heterocycles. The van der Waals surface area contributed by atoms with Gasteiger partial charge in [0.05, 0.1) is 17.0 Å². The van der Waals surface area contributed by atoms with Crippen molar-refractivity contribution in [1.29, 1.82) is 0 Å². The van der Waals surface area contributed by atoms with Crippen molar-refractivity contribution in [3.05, 3.63) is 64.6 Å². The van der Waals surface area contributed by atoms with Crippen molar-refractivity contribution in [2.75, 3.05) is 0 Å². The second-order valence-corrected chi connectivity index (χ2v) is 8.07. The van der Waals surface area contributed by atoms with E-state index in [1.807, 2.05) is 37.3 Å². The van der Waals surface area contributed by atoms with Crippen LogP contribution >= 0.6 is 15.9 Å². The molecule has 24 heavy (non-hydrogen) atoms. The fraction of sp³-hybridized carbons (Fsp3) is 0.235. The second kappa shape index (κ2) is 7.92. The predicted octanol–water partition coefficient (Wildman–Crippen LogP) is 2.99. The van der Waals surface area contributed by atoms with Crippen molar-refractivity contribution < 1.29 is 13.2 Å². The zero-order valence-corrected chi connectivity index (χ0v) is 15.8. The van der Waals surface area contributed by atoms with E-state index in [-0.39, 0.29) is 16.8 Å². The van der Waals surface area contributed by atoms with Gasteiger partial charge in [0.1, 0.15) is 0 Å². The van der Waals surface area contributed by atoms with Crippen LogP contribution in [0.15, 0.2) is 64.0 Å². The van der Waals surface area contributed by atoms with E-state index in [1.54, 1.807) is 12.1 Å². The molecule has 0 saturated heterocycles. The van der Waals surface area contributed by atoms with Crippen molar-refractivity contribution in [1.82, 2.24) is 10.0 Å². The van der Waals surface area contributed by atoms with E-state index in [9.17, 15) is 13.2 Å². The Hall–Kier alpha value is -1.70. The molecular formula is C17H19BrN2O3S. The van der Waals surface area contributed by atoms with Gasteiger partial charge >= 0.3 is 0 Å². The van der Waals surface area contributed by atoms with Crippen molar-refractivity contribution >= 4 is 31.9 Å². The van der Waals surface area contributed by atoms with Crippen LogP contribution in [0.25, 0.3) is 0 Å². The Morgan fingerprint density at radius 1 is 1.00 bits per heavy atom. The number of rotatable bonds is 6. The molecule has 0 bridgehead atoms. The van der Waals surface area contributed by atoms with Crippen LogP contribution in [0.5, 0.6) is 0 Å². The first-order valence-electron chi connectivity index (χ1n) is 7.43. The predicted molar refractivity (Wildman–Crippen MR) is 96.9 cm³/mol. The van der Waals surface area contributed by atoms with Crippen LogP contribution in [0, 0.1) is 0 Å². The lowest BCUT2D eigenvalue weighted by Crippen LogP contribution is -2.45. The molecule has 0 aliphatic rings. The summed E-state index contributed by atoms with van der Waals surface area (Å²) in [5, 5.41) is 2.81. The zero-order chi connectivity index (χ0) is 17.7. The van der Waals surface area contributed by atoms with E-state index in [0.29, 0.717) is 0 Å². The third-order valence-corrected chi connectivity index (χ3v) is 5.59. The van der Waals surface area contributed by atoms with Gasteiger partial charge in [0, 0.05) is 4.47 Å². The van der Waals surface area contributed by atoms with Crippen LogP contribution in [-0.4, -0.2) is 20.4 Å². The average Bonchev–Trinajstić information content (AvgIpc) is 2.55. The molecule has 0 fully saturated rings. The topological polar surface area (TPSA) is 75.3 Å². The Morgan fingerprint density at radius 3 is 2.17 bits per heavy atom. The summed E-state index contributed by atoms with van der Waals surface area (Å²) in [6.45, 7) is 3.37. The minimum atomic E-state index is -3.75. The van der Waals surface area contributed by atoms with E-state index in [0.717, 1.165) is 10.0 Å². The molecule has 2 aromatic rings. The molecule has 2 rings (SSSR count). The van der Waals surface area contributed by atoms with Gasteiger partial charge in [-0.05, 0) is 43.7 Å². The Bertz CT molecular complexity index is 792. The minimum Gasteiger partial charge on any atom is -0.348 e. The summed E-state index contributed by atoms with van der Waals surface area (Å²) in [5.74, 6) is -0.382. The SMILES string of the molecule is CC(NS(=O)(=O)c1ccc(Br)cc1)C(=O)NC(C)c1ccccc1. The average molecular weight is 411 g/mol. The van der Waals surface area contributed by atoms with E-state index >= 15 is 0 Å². The zero-order valence-electron chi connectivity index (χ0n) is 13.4. The summed E-state index contributed by atoms with van der Waals surface area (Å²) in [6, 6.07) is 14.6. The lowest BCUT2D eigenvalue weighted by Gasteiger charge is -2.19. The van der Waals surface area contributed by atoms with E-state index in [1.165, 1.54) is 19.1 Å². The molecule has 0 aliphatic carbocycles. The first-order chi connectivity index (χ1) is 11.3.